The maximum Gasteiger partial charge on any atom is 0.411 e. The Kier molecular flexibility index (Phi) is 5.29. The molecule has 21 heavy (non-hydrogen) atoms. The van der Waals surface area contributed by atoms with E-state index in [2.05, 4.69) is 0 Å². The van der Waals surface area contributed by atoms with Crippen LogP contribution >= 0.6 is 0 Å². The van der Waals surface area contributed by atoms with E-state index in [1.165, 1.54) is 12.1 Å². The first-order valence-corrected chi connectivity index (χ1v) is 6.63. The molecular weight excluding hydrogens is 277 g/mol. The van der Waals surface area contributed by atoms with Crippen LogP contribution in [0.5, 0.6) is 0 Å². The first-order valence-electron chi connectivity index (χ1n) is 6.63. The van der Waals surface area contributed by atoms with Gasteiger partial charge < -0.3 is 9.84 Å². The van der Waals surface area contributed by atoms with Crippen LogP contribution in [0.15, 0.2) is 24.3 Å². The van der Waals surface area contributed by atoms with Gasteiger partial charge in [0, 0.05) is 6.54 Å². The number of likely N-dealkylation sites (N-methyl/N-ethyl adjacent to an activating group) is 1. The van der Waals surface area contributed by atoms with Crippen molar-refractivity contribution in [2.75, 3.05) is 6.54 Å². The molecule has 1 rings (SSSR count). The number of benzene rings is 1. The Bertz CT molecular complexity index is 507. The Morgan fingerprint density at radius 3 is 2.19 bits per heavy atom. The molecule has 0 heterocycles. The minimum atomic E-state index is -1.22. The van der Waals surface area contributed by atoms with E-state index < -0.39 is 29.5 Å². The summed E-state index contributed by atoms with van der Waals surface area (Å²) < 4.78 is 18.2. The van der Waals surface area contributed by atoms with Crippen molar-refractivity contribution in [3.63, 3.8) is 0 Å². The van der Waals surface area contributed by atoms with Crippen molar-refractivity contribution in [1.29, 1.82) is 0 Å². The molecule has 1 atom stereocenters. The lowest BCUT2D eigenvalue weighted by molar-refractivity contribution is -0.143. The number of hydrogen-bond donors (Lipinski definition) is 1. The predicted octanol–water partition coefficient (Wildman–Crippen LogP) is 3.21. The fourth-order valence-corrected chi connectivity index (χ4v) is 1.84. The van der Waals surface area contributed by atoms with Crippen molar-refractivity contribution in [2.24, 2.45) is 0 Å². The number of amides is 1. The van der Waals surface area contributed by atoms with Gasteiger partial charge in [0.15, 0.2) is 6.04 Å². The highest BCUT2D eigenvalue weighted by Gasteiger charge is 2.33. The molecule has 0 bridgehead atoms. The molecule has 1 N–H and O–H groups in total. The van der Waals surface area contributed by atoms with Gasteiger partial charge >= 0.3 is 12.1 Å². The van der Waals surface area contributed by atoms with Crippen LogP contribution in [0.2, 0.25) is 0 Å². The molecule has 0 saturated carbocycles. The van der Waals surface area contributed by atoms with Gasteiger partial charge in [0.1, 0.15) is 11.4 Å². The van der Waals surface area contributed by atoms with E-state index in [1.807, 2.05) is 0 Å². The van der Waals surface area contributed by atoms with E-state index in [-0.39, 0.29) is 6.54 Å². The van der Waals surface area contributed by atoms with Crippen LogP contribution < -0.4 is 0 Å². The summed E-state index contributed by atoms with van der Waals surface area (Å²) in [4.78, 5) is 24.8. The average molecular weight is 297 g/mol. The number of nitrogens with zero attached hydrogens (tertiary/aromatic N) is 1. The number of hydrogen-bond acceptors (Lipinski definition) is 3. The summed E-state index contributed by atoms with van der Waals surface area (Å²) in [6.07, 6.45) is -0.721. The summed E-state index contributed by atoms with van der Waals surface area (Å²) in [7, 11) is 0. The van der Waals surface area contributed by atoms with E-state index >= 15 is 0 Å². The third-order valence-corrected chi connectivity index (χ3v) is 2.70. The Morgan fingerprint density at radius 1 is 1.29 bits per heavy atom. The summed E-state index contributed by atoms with van der Waals surface area (Å²) >= 11 is 0. The monoisotopic (exact) mass is 297 g/mol. The number of rotatable bonds is 4. The lowest BCUT2D eigenvalue weighted by atomic mass is 10.1. The number of halogens is 1. The summed E-state index contributed by atoms with van der Waals surface area (Å²) in [5.41, 5.74) is -0.410. The molecule has 1 aromatic rings. The van der Waals surface area contributed by atoms with Gasteiger partial charge in [-0.3, -0.25) is 4.90 Å². The number of carboxylic acids is 1. The molecule has 0 aromatic heterocycles. The molecule has 0 aliphatic heterocycles. The number of carbonyl (C=O) groups is 2. The third kappa shape index (κ3) is 4.73. The van der Waals surface area contributed by atoms with Crippen molar-refractivity contribution in [1.82, 2.24) is 4.90 Å². The normalized spacial score (nSPS) is 12.6. The number of aliphatic carboxylic acids is 1. The van der Waals surface area contributed by atoms with E-state index in [9.17, 15) is 19.1 Å². The molecule has 0 spiro atoms. The molecular formula is C15H20FNO4. The number of carboxylic acid groups (broad SMARTS) is 1. The standard InChI is InChI=1S/C15H20FNO4/c1-5-17(14(20)21-15(2,3)4)12(13(18)19)10-6-8-11(16)9-7-10/h6-9,12H,5H2,1-4H3,(H,18,19). The van der Waals surface area contributed by atoms with Gasteiger partial charge in [-0.2, -0.15) is 0 Å². The number of carbonyl (C=O) groups excluding carboxylic acids is 1. The van der Waals surface area contributed by atoms with Crippen LogP contribution in [0.25, 0.3) is 0 Å². The first-order chi connectivity index (χ1) is 9.65. The smallest absolute Gasteiger partial charge is 0.411 e. The lowest BCUT2D eigenvalue weighted by Gasteiger charge is -2.30. The van der Waals surface area contributed by atoms with Gasteiger partial charge in [-0.05, 0) is 45.4 Å². The van der Waals surface area contributed by atoms with Crippen molar-refractivity contribution >= 4 is 12.1 Å². The van der Waals surface area contributed by atoms with Crippen molar-refractivity contribution < 1.29 is 23.8 Å². The fourth-order valence-electron chi connectivity index (χ4n) is 1.84. The first kappa shape index (κ1) is 16.9. The average Bonchev–Trinajstić information content (AvgIpc) is 2.34. The van der Waals surface area contributed by atoms with Crippen LogP contribution in [-0.4, -0.2) is 34.2 Å². The van der Waals surface area contributed by atoms with Crippen LogP contribution in [0.3, 0.4) is 0 Å². The topological polar surface area (TPSA) is 66.8 Å². The highest BCUT2D eigenvalue weighted by Crippen LogP contribution is 2.23. The molecule has 0 aliphatic carbocycles. The predicted molar refractivity (Wildman–Crippen MR) is 75.4 cm³/mol. The van der Waals surface area contributed by atoms with Gasteiger partial charge in [0.2, 0.25) is 0 Å². The van der Waals surface area contributed by atoms with Crippen LogP contribution in [0.4, 0.5) is 9.18 Å². The molecule has 116 valence electrons. The minimum Gasteiger partial charge on any atom is -0.479 e. The second-order valence-corrected chi connectivity index (χ2v) is 5.56. The summed E-state index contributed by atoms with van der Waals surface area (Å²) in [5.74, 6) is -1.67. The van der Waals surface area contributed by atoms with Crippen LogP contribution in [0, 0.1) is 5.82 Å². The van der Waals surface area contributed by atoms with E-state index in [0.29, 0.717) is 5.56 Å². The van der Waals surface area contributed by atoms with Gasteiger partial charge in [-0.15, -0.1) is 0 Å². The Labute approximate surface area is 123 Å². The van der Waals surface area contributed by atoms with Crippen molar-refractivity contribution in [3.8, 4) is 0 Å². The summed E-state index contributed by atoms with van der Waals surface area (Å²) in [6.45, 7) is 6.91. The van der Waals surface area contributed by atoms with E-state index in [1.54, 1.807) is 27.7 Å². The summed E-state index contributed by atoms with van der Waals surface area (Å²) in [5, 5.41) is 9.40. The van der Waals surface area contributed by atoms with Gasteiger partial charge in [0.05, 0.1) is 0 Å². The quantitative estimate of drug-likeness (QED) is 0.926. The highest BCUT2D eigenvalue weighted by molar-refractivity contribution is 5.81. The molecule has 1 unspecified atom stereocenters. The maximum atomic E-state index is 13.0. The molecule has 0 fully saturated rings. The Balaban J connectivity index is 3.09. The fraction of sp³-hybridized carbons (Fsp3) is 0.467. The molecule has 5 nitrogen and oxygen atoms in total. The van der Waals surface area contributed by atoms with E-state index in [4.69, 9.17) is 4.74 Å². The zero-order chi connectivity index (χ0) is 16.2. The zero-order valence-corrected chi connectivity index (χ0v) is 12.6. The van der Waals surface area contributed by atoms with Gasteiger partial charge in [-0.1, -0.05) is 12.1 Å². The molecule has 1 amide bonds. The molecule has 0 aliphatic rings. The third-order valence-electron chi connectivity index (χ3n) is 2.70. The zero-order valence-electron chi connectivity index (χ0n) is 12.6. The second-order valence-electron chi connectivity index (χ2n) is 5.56. The Hall–Kier alpha value is -2.11. The maximum absolute atomic E-state index is 13.0. The molecule has 1 aromatic carbocycles. The Morgan fingerprint density at radius 2 is 1.81 bits per heavy atom. The van der Waals surface area contributed by atoms with Crippen molar-refractivity contribution in [2.45, 2.75) is 39.3 Å². The SMILES string of the molecule is CCN(C(=O)OC(C)(C)C)C(C(=O)O)c1ccc(F)cc1. The molecule has 6 heteroatoms. The lowest BCUT2D eigenvalue weighted by Crippen LogP contribution is -2.42. The van der Waals surface area contributed by atoms with E-state index in [0.717, 1.165) is 17.0 Å². The van der Waals surface area contributed by atoms with Gasteiger partial charge in [-0.25, -0.2) is 14.0 Å². The highest BCUT2D eigenvalue weighted by atomic mass is 19.1. The van der Waals surface area contributed by atoms with Crippen LogP contribution in [-0.2, 0) is 9.53 Å². The minimum absolute atomic E-state index is 0.156. The van der Waals surface area contributed by atoms with Gasteiger partial charge in [0.25, 0.3) is 0 Å². The largest absolute Gasteiger partial charge is 0.479 e. The van der Waals surface area contributed by atoms with Crippen molar-refractivity contribution in [3.05, 3.63) is 35.6 Å². The summed E-state index contributed by atoms with van der Waals surface area (Å²) in [6, 6.07) is 3.80. The number of ether oxygens (including phenoxy) is 1. The van der Waals surface area contributed by atoms with Crippen LogP contribution in [0.1, 0.15) is 39.3 Å². The molecule has 0 radical (unpaired) electrons. The molecule has 0 saturated heterocycles. The second kappa shape index (κ2) is 6.56.